The van der Waals surface area contributed by atoms with Crippen molar-refractivity contribution in [2.45, 2.75) is 64.2 Å². The molecule has 4 N–H and O–H groups in total. The molecule has 0 radical (unpaired) electrons. The van der Waals surface area contributed by atoms with Crippen LogP contribution in [0.5, 0.6) is 5.75 Å². The van der Waals surface area contributed by atoms with Gasteiger partial charge in [0.05, 0.1) is 12.7 Å². The molecule has 6 rings (SSSR count). The van der Waals surface area contributed by atoms with Crippen molar-refractivity contribution >= 4 is 29.3 Å². The second kappa shape index (κ2) is 15.1. The Balaban J connectivity index is 0.000000985. The summed E-state index contributed by atoms with van der Waals surface area (Å²) in [5.74, 6) is 0.613. The fourth-order valence-electron chi connectivity index (χ4n) is 6.72. The molecule has 4 heterocycles. The number of hydrogen-bond donors (Lipinski definition) is 4. The summed E-state index contributed by atoms with van der Waals surface area (Å²) in [5, 5.41) is 17.1. The Kier molecular flexibility index (Phi) is 10.7. The van der Waals surface area contributed by atoms with E-state index in [1.807, 2.05) is 37.3 Å². The highest BCUT2D eigenvalue weighted by Crippen LogP contribution is 2.38. The van der Waals surface area contributed by atoms with Crippen molar-refractivity contribution in [2.24, 2.45) is 0 Å². The van der Waals surface area contributed by atoms with Crippen LogP contribution in [0.4, 0.5) is 11.5 Å². The number of methoxy groups -OCH3 is 1. The molecule has 3 saturated heterocycles. The third-order valence-electron chi connectivity index (χ3n) is 8.96. The van der Waals surface area contributed by atoms with Crippen LogP contribution < -0.4 is 30.5 Å². The van der Waals surface area contributed by atoms with Gasteiger partial charge in [-0.1, -0.05) is 18.2 Å². The van der Waals surface area contributed by atoms with Crippen LogP contribution in [0.2, 0.25) is 0 Å². The normalized spacial score (nSPS) is 20.3. The molecule has 1 aromatic heterocycles. The molecule has 2 unspecified atom stereocenters. The lowest BCUT2D eigenvalue weighted by molar-refractivity contribution is -0.134. The van der Waals surface area contributed by atoms with Crippen LogP contribution in [0.1, 0.15) is 64.4 Å². The smallest absolute Gasteiger partial charge is 0.300 e. The summed E-state index contributed by atoms with van der Waals surface area (Å²) in [5.41, 5.74) is 4.36. The Morgan fingerprint density at radius 3 is 2.26 bits per heavy atom. The molecule has 0 spiro atoms. The maximum absolute atomic E-state index is 13.1. The highest BCUT2D eigenvalue weighted by molar-refractivity contribution is 5.96. The van der Waals surface area contributed by atoms with Gasteiger partial charge < -0.3 is 35.6 Å². The third-order valence-corrected chi connectivity index (χ3v) is 8.96. The topological polar surface area (TPSA) is 136 Å². The lowest BCUT2D eigenvalue weighted by Crippen LogP contribution is -2.50. The number of piperazine rings is 1. The van der Waals surface area contributed by atoms with Crippen molar-refractivity contribution < 1.29 is 24.2 Å². The number of nitrogens with one attached hydrogen (secondary N) is 3. The Bertz CT molecular complexity index is 1490. The molecule has 2 atom stereocenters. The second-order valence-corrected chi connectivity index (χ2v) is 12.1. The molecular formula is C35H44N6O5. The molecule has 11 nitrogen and oxygen atoms in total. The first-order valence-electron chi connectivity index (χ1n) is 15.9. The van der Waals surface area contributed by atoms with Crippen molar-refractivity contribution in [3.05, 3.63) is 83.0 Å². The van der Waals surface area contributed by atoms with E-state index in [1.165, 1.54) is 5.69 Å². The zero-order valence-corrected chi connectivity index (χ0v) is 26.8. The van der Waals surface area contributed by atoms with Gasteiger partial charge in [-0.25, -0.2) is 4.98 Å². The Hall–Kier alpha value is -4.64. The standard InChI is InChI=1S/C33H40N6O3.C2H4O2/c1-22-29(4-3-5-30(22)42-2)33(41)37-25-18-27-11-12-28(19-25)39(27)31-13-8-24(21-35-31)32(40)36-20-23-6-9-26(10-7-23)38-16-14-34-15-17-38;1-2(3)4/h3-10,13,21,25,27-28,34H,11-12,14-20H2,1-2H3,(H,36,40)(H,37,41);1H3,(H,3,4). The summed E-state index contributed by atoms with van der Waals surface area (Å²) in [6.45, 7) is 7.52. The van der Waals surface area contributed by atoms with E-state index in [0.29, 0.717) is 29.8 Å². The molecule has 2 aromatic carbocycles. The maximum Gasteiger partial charge on any atom is 0.300 e. The van der Waals surface area contributed by atoms with Crippen molar-refractivity contribution in [1.29, 1.82) is 0 Å². The monoisotopic (exact) mass is 628 g/mol. The van der Waals surface area contributed by atoms with E-state index >= 15 is 0 Å². The van der Waals surface area contributed by atoms with Gasteiger partial charge in [0, 0.05) is 80.8 Å². The van der Waals surface area contributed by atoms with Gasteiger partial charge in [0.2, 0.25) is 0 Å². The molecule has 3 aliphatic rings. The summed E-state index contributed by atoms with van der Waals surface area (Å²) >= 11 is 0. The number of fused-ring (bicyclic) bond motifs is 2. The number of aliphatic carboxylic acids is 1. The van der Waals surface area contributed by atoms with Crippen LogP contribution >= 0.6 is 0 Å². The van der Waals surface area contributed by atoms with Crippen molar-refractivity contribution in [3.8, 4) is 5.75 Å². The number of pyridine rings is 1. The fourth-order valence-corrected chi connectivity index (χ4v) is 6.72. The largest absolute Gasteiger partial charge is 0.496 e. The van der Waals surface area contributed by atoms with Gasteiger partial charge in [0.25, 0.3) is 17.8 Å². The van der Waals surface area contributed by atoms with Crippen LogP contribution in [0.25, 0.3) is 0 Å². The molecule has 11 heteroatoms. The van der Waals surface area contributed by atoms with Gasteiger partial charge in [-0.05, 0) is 74.6 Å². The number of carbonyl (C=O) groups is 3. The average molecular weight is 629 g/mol. The van der Waals surface area contributed by atoms with Crippen LogP contribution in [-0.4, -0.2) is 79.3 Å². The van der Waals surface area contributed by atoms with Gasteiger partial charge in [-0.3, -0.25) is 14.4 Å². The first-order chi connectivity index (χ1) is 22.2. The number of carboxylic acid groups (broad SMARTS) is 1. The Labute approximate surface area is 270 Å². The molecule has 3 aliphatic heterocycles. The number of ether oxygens (including phenoxy) is 1. The number of nitrogens with zero attached hydrogens (tertiary/aromatic N) is 3. The lowest BCUT2D eigenvalue weighted by Gasteiger charge is -2.40. The minimum atomic E-state index is -0.833. The molecule has 3 aromatic rings. The summed E-state index contributed by atoms with van der Waals surface area (Å²) in [6.07, 6.45) is 5.58. The van der Waals surface area contributed by atoms with Crippen LogP contribution in [0.15, 0.2) is 60.8 Å². The summed E-state index contributed by atoms with van der Waals surface area (Å²) in [6, 6.07) is 18.6. The molecule has 2 amide bonds. The van der Waals surface area contributed by atoms with Gasteiger partial charge in [-0.15, -0.1) is 0 Å². The van der Waals surface area contributed by atoms with Crippen molar-refractivity contribution in [2.75, 3.05) is 43.1 Å². The van der Waals surface area contributed by atoms with Crippen LogP contribution in [-0.2, 0) is 11.3 Å². The van der Waals surface area contributed by atoms with Gasteiger partial charge in [0.1, 0.15) is 11.6 Å². The minimum absolute atomic E-state index is 0.0479. The van der Waals surface area contributed by atoms with E-state index in [9.17, 15) is 9.59 Å². The predicted molar refractivity (Wildman–Crippen MR) is 178 cm³/mol. The Morgan fingerprint density at radius 2 is 1.65 bits per heavy atom. The number of carboxylic acids is 1. The second-order valence-electron chi connectivity index (χ2n) is 12.1. The molecule has 244 valence electrons. The number of carbonyl (C=O) groups excluding carboxylic acids is 2. The number of aromatic nitrogens is 1. The van der Waals surface area contributed by atoms with E-state index in [4.69, 9.17) is 19.6 Å². The Morgan fingerprint density at radius 1 is 0.978 bits per heavy atom. The van der Waals surface area contributed by atoms with Crippen molar-refractivity contribution in [1.82, 2.24) is 20.9 Å². The maximum atomic E-state index is 13.1. The first kappa shape index (κ1) is 32.7. The molecule has 2 bridgehead atoms. The summed E-state index contributed by atoms with van der Waals surface area (Å²) < 4.78 is 5.39. The van der Waals surface area contributed by atoms with E-state index in [0.717, 1.165) is 81.5 Å². The highest BCUT2D eigenvalue weighted by atomic mass is 16.5. The highest BCUT2D eigenvalue weighted by Gasteiger charge is 2.42. The van der Waals surface area contributed by atoms with Crippen molar-refractivity contribution in [3.63, 3.8) is 0 Å². The van der Waals surface area contributed by atoms with Crippen LogP contribution in [0.3, 0.4) is 0 Å². The average Bonchev–Trinajstić information content (AvgIpc) is 3.33. The van der Waals surface area contributed by atoms with Crippen LogP contribution in [0, 0.1) is 6.92 Å². The molecule has 0 saturated carbocycles. The molecular weight excluding hydrogens is 584 g/mol. The number of hydrogen-bond acceptors (Lipinski definition) is 8. The van der Waals surface area contributed by atoms with Gasteiger partial charge >= 0.3 is 0 Å². The zero-order valence-electron chi connectivity index (χ0n) is 26.8. The quantitative estimate of drug-likeness (QED) is 0.294. The molecule has 3 fully saturated rings. The fraction of sp³-hybridized carbons (Fsp3) is 0.429. The number of amides is 2. The number of piperidine rings is 1. The van der Waals surface area contributed by atoms with E-state index < -0.39 is 5.97 Å². The molecule has 46 heavy (non-hydrogen) atoms. The zero-order chi connectivity index (χ0) is 32.6. The van der Waals surface area contributed by atoms with Gasteiger partial charge in [-0.2, -0.15) is 0 Å². The van der Waals surface area contributed by atoms with E-state index in [1.54, 1.807) is 13.3 Å². The summed E-state index contributed by atoms with van der Waals surface area (Å²) in [4.78, 5) is 44.4. The predicted octanol–water partition coefficient (Wildman–Crippen LogP) is 3.76. The number of anilines is 2. The molecule has 0 aliphatic carbocycles. The number of benzene rings is 2. The SMILES string of the molecule is CC(=O)O.COc1cccc(C(=O)NC2CC3CCC(C2)N3c2ccc(C(=O)NCc3ccc(N4CCNCC4)cc3)cn2)c1C. The number of rotatable bonds is 8. The van der Waals surface area contributed by atoms with E-state index in [2.05, 4.69) is 50.0 Å². The minimum Gasteiger partial charge on any atom is -0.496 e. The third kappa shape index (κ3) is 7.95. The first-order valence-corrected chi connectivity index (χ1v) is 15.9. The summed E-state index contributed by atoms with van der Waals surface area (Å²) in [7, 11) is 1.62. The lowest BCUT2D eigenvalue weighted by atomic mass is 9.96. The van der Waals surface area contributed by atoms with Gasteiger partial charge in [0.15, 0.2) is 0 Å². The van der Waals surface area contributed by atoms with E-state index in [-0.39, 0.29) is 17.9 Å².